The molecule has 0 radical (unpaired) electrons. The van der Waals surface area contributed by atoms with Crippen molar-refractivity contribution in [1.82, 2.24) is 4.90 Å². The number of likely N-dealkylation sites (N-methyl/N-ethyl adjacent to an activating group) is 1. The summed E-state index contributed by atoms with van der Waals surface area (Å²) in [6.07, 6.45) is 0. The van der Waals surface area contributed by atoms with Crippen molar-refractivity contribution in [1.29, 1.82) is 0 Å². The van der Waals surface area contributed by atoms with Crippen LogP contribution in [-0.2, 0) is 0 Å². The molecular formula is C11H15N3OS. The fraction of sp³-hybridized carbons (Fsp3) is 0.273. The topological polar surface area (TPSA) is 58.4 Å². The molecule has 0 aliphatic rings. The zero-order valence-electron chi connectivity index (χ0n) is 9.36. The summed E-state index contributed by atoms with van der Waals surface area (Å²) in [5, 5.41) is 2.75. The van der Waals surface area contributed by atoms with E-state index in [1.807, 2.05) is 31.2 Å². The van der Waals surface area contributed by atoms with E-state index in [1.54, 1.807) is 7.05 Å². The normalized spacial score (nSPS) is 9.62. The van der Waals surface area contributed by atoms with Crippen LogP contribution in [0.15, 0.2) is 24.3 Å². The number of thiocarbonyl (C=S) groups is 1. The largest absolute Gasteiger partial charge is 0.392 e. The Balaban J connectivity index is 2.57. The fourth-order valence-electron chi connectivity index (χ4n) is 1.16. The summed E-state index contributed by atoms with van der Waals surface area (Å²) in [4.78, 5) is 13.4. The number of hydrogen-bond acceptors (Lipinski definition) is 2. The van der Waals surface area contributed by atoms with E-state index in [1.165, 1.54) is 4.90 Å². The number of nitrogens with zero attached hydrogens (tertiary/aromatic N) is 1. The number of nitrogens with one attached hydrogen (secondary N) is 1. The summed E-state index contributed by atoms with van der Waals surface area (Å²) in [6, 6.07) is 7.34. The number of carbonyl (C=O) groups excluding carboxylic acids is 1. The van der Waals surface area contributed by atoms with Crippen molar-refractivity contribution in [3.8, 4) is 0 Å². The Morgan fingerprint density at radius 3 is 2.50 bits per heavy atom. The molecule has 86 valence electrons. The number of hydrogen-bond donors (Lipinski definition) is 2. The quantitative estimate of drug-likeness (QED) is 0.787. The Labute approximate surface area is 100 Å². The molecule has 0 atom stereocenters. The van der Waals surface area contributed by atoms with Gasteiger partial charge >= 0.3 is 6.03 Å². The first-order valence-electron chi connectivity index (χ1n) is 4.86. The highest BCUT2D eigenvalue weighted by Gasteiger charge is 2.08. The average Bonchev–Trinajstić information content (AvgIpc) is 2.20. The van der Waals surface area contributed by atoms with Gasteiger partial charge < -0.3 is 16.0 Å². The van der Waals surface area contributed by atoms with Gasteiger partial charge in [0.15, 0.2) is 0 Å². The average molecular weight is 237 g/mol. The van der Waals surface area contributed by atoms with Crippen LogP contribution in [0.5, 0.6) is 0 Å². The van der Waals surface area contributed by atoms with Gasteiger partial charge in [0.25, 0.3) is 0 Å². The Bertz CT molecular complexity index is 389. The molecule has 0 aromatic heterocycles. The first-order valence-corrected chi connectivity index (χ1v) is 5.27. The van der Waals surface area contributed by atoms with Crippen LogP contribution >= 0.6 is 12.2 Å². The molecule has 1 aromatic carbocycles. The minimum absolute atomic E-state index is 0.225. The second-order valence-corrected chi connectivity index (χ2v) is 4.14. The summed E-state index contributed by atoms with van der Waals surface area (Å²) in [5.74, 6) is 0. The summed E-state index contributed by atoms with van der Waals surface area (Å²) < 4.78 is 0. The molecule has 4 nitrogen and oxygen atoms in total. The summed E-state index contributed by atoms with van der Waals surface area (Å²) in [7, 11) is 1.64. The molecule has 0 aliphatic carbocycles. The smallest absolute Gasteiger partial charge is 0.321 e. The van der Waals surface area contributed by atoms with Crippen molar-refractivity contribution < 1.29 is 4.79 Å². The number of urea groups is 1. The zero-order chi connectivity index (χ0) is 12.1. The van der Waals surface area contributed by atoms with Crippen LogP contribution in [-0.4, -0.2) is 29.5 Å². The minimum Gasteiger partial charge on any atom is -0.392 e. The van der Waals surface area contributed by atoms with E-state index in [4.69, 9.17) is 18.0 Å². The fourth-order valence-corrected chi connectivity index (χ4v) is 1.36. The molecule has 1 rings (SSSR count). The minimum atomic E-state index is -0.225. The lowest BCUT2D eigenvalue weighted by Gasteiger charge is -2.17. The van der Waals surface area contributed by atoms with Crippen molar-refractivity contribution in [3.63, 3.8) is 0 Å². The molecule has 0 saturated carbocycles. The van der Waals surface area contributed by atoms with E-state index in [-0.39, 0.29) is 12.6 Å². The number of carbonyl (C=O) groups is 1. The first-order chi connectivity index (χ1) is 7.49. The number of amides is 2. The summed E-state index contributed by atoms with van der Waals surface area (Å²) in [5.41, 5.74) is 7.26. The Kier molecular flexibility index (Phi) is 4.25. The Morgan fingerprint density at radius 1 is 1.44 bits per heavy atom. The maximum atomic E-state index is 11.6. The monoisotopic (exact) mass is 237 g/mol. The van der Waals surface area contributed by atoms with Gasteiger partial charge in [-0.2, -0.15) is 0 Å². The van der Waals surface area contributed by atoms with Crippen molar-refractivity contribution in [2.75, 3.05) is 18.9 Å². The molecule has 0 saturated heterocycles. The van der Waals surface area contributed by atoms with Gasteiger partial charge in [-0.25, -0.2) is 4.79 Å². The van der Waals surface area contributed by atoms with E-state index >= 15 is 0 Å². The van der Waals surface area contributed by atoms with E-state index < -0.39 is 0 Å². The van der Waals surface area contributed by atoms with Gasteiger partial charge in [-0.05, 0) is 19.1 Å². The number of benzene rings is 1. The van der Waals surface area contributed by atoms with Crippen LogP contribution in [0.4, 0.5) is 10.5 Å². The standard InChI is InChI=1S/C11H15N3OS/c1-8-3-5-9(6-4-8)13-11(15)14(2)7-10(12)16/h3-6H,7H2,1-2H3,(H2,12,16)(H,13,15). The molecule has 0 spiro atoms. The van der Waals surface area contributed by atoms with Crippen molar-refractivity contribution in [2.45, 2.75) is 6.92 Å². The van der Waals surface area contributed by atoms with E-state index in [0.29, 0.717) is 4.99 Å². The van der Waals surface area contributed by atoms with E-state index in [9.17, 15) is 4.79 Å². The molecule has 0 bridgehead atoms. The van der Waals surface area contributed by atoms with E-state index in [0.717, 1.165) is 11.3 Å². The molecule has 0 unspecified atom stereocenters. The SMILES string of the molecule is Cc1ccc(NC(=O)N(C)CC(N)=S)cc1. The molecule has 16 heavy (non-hydrogen) atoms. The van der Waals surface area contributed by atoms with Crippen molar-refractivity contribution in [2.24, 2.45) is 5.73 Å². The maximum Gasteiger partial charge on any atom is 0.321 e. The molecule has 1 aromatic rings. The van der Waals surface area contributed by atoms with E-state index in [2.05, 4.69) is 5.32 Å². The Morgan fingerprint density at radius 2 is 2.00 bits per heavy atom. The highest BCUT2D eigenvalue weighted by molar-refractivity contribution is 7.80. The molecule has 5 heteroatoms. The number of rotatable bonds is 3. The van der Waals surface area contributed by atoms with Gasteiger partial charge in [0.1, 0.15) is 0 Å². The molecule has 2 amide bonds. The zero-order valence-corrected chi connectivity index (χ0v) is 10.2. The van der Waals surface area contributed by atoms with Gasteiger partial charge in [-0.3, -0.25) is 0 Å². The lowest BCUT2D eigenvalue weighted by molar-refractivity contribution is 0.228. The first kappa shape index (κ1) is 12.4. The number of aryl methyl sites for hydroxylation is 1. The van der Waals surface area contributed by atoms with Crippen LogP contribution in [0.1, 0.15) is 5.56 Å². The van der Waals surface area contributed by atoms with Gasteiger partial charge in [0.2, 0.25) is 0 Å². The highest BCUT2D eigenvalue weighted by atomic mass is 32.1. The van der Waals surface area contributed by atoms with Gasteiger partial charge in [-0.15, -0.1) is 0 Å². The van der Waals surface area contributed by atoms with Gasteiger partial charge in [-0.1, -0.05) is 29.9 Å². The molecule has 3 N–H and O–H groups in total. The van der Waals surface area contributed by atoms with Crippen LogP contribution in [0.2, 0.25) is 0 Å². The molecular weight excluding hydrogens is 222 g/mol. The second kappa shape index (κ2) is 5.46. The predicted octanol–water partition coefficient (Wildman–Crippen LogP) is 1.74. The lowest BCUT2D eigenvalue weighted by atomic mass is 10.2. The third kappa shape index (κ3) is 3.86. The maximum absolute atomic E-state index is 11.6. The van der Waals surface area contributed by atoms with Crippen LogP contribution in [0.25, 0.3) is 0 Å². The highest BCUT2D eigenvalue weighted by Crippen LogP contribution is 2.08. The summed E-state index contributed by atoms with van der Waals surface area (Å²) >= 11 is 4.73. The van der Waals surface area contributed by atoms with Gasteiger partial charge in [0, 0.05) is 12.7 Å². The van der Waals surface area contributed by atoms with Crippen LogP contribution in [0, 0.1) is 6.92 Å². The number of nitrogens with two attached hydrogens (primary N) is 1. The lowest BCUT2D eigenvalue weighted by Crippen LogP contribution is -2.37. The predicted molar refractivity (Wildman–Crippen MR) is 69.6 cm³/mol. The molecule has 0 fully saturated rings. The number of anilines is 1. The molecule has 0 heterocycles. The van der Waals surface area contributed by atoms with Gasteiger partial charge in [0.05, 0.1) is 11.5 Å². The van der Waals surface area contributed by atoms with Crippen molar-refractivity contribution >= 4 is 28.9 Å². The van der Waals surface area contributed by atoms with Crippen LogP contribution in [0.3, 0.4) is 0 Å². The van der Waals surface area contributed by atoms with Crippen LogP contribution < -0.4 is 11.1 Å². The molecule has 0 aliphatic heterocycles. The van der Waals surface area contributed by atoms with Crippen molar-refractivity contribution in [3.05, 3.63) is 29.8 Å². The Hall–Kier alpha value is -1.62. The summed E-state index contributed by atoms with van der Waals surface area (Å²) in [6.45, 7) is 2.26. The third-order valence-electron chi connectivity index (χ3n) is 2.04. The second-order valence-electron chi connectivity index (χ2n) is 3.62. The third-order valence-corrected chi connectivity index (χ3v) is 2.17.